The van der Waals surface area contributed by atoms with Crippen LogP contribution in [0.25, 0.3) is 0 Å². The lowest BCUT2D eigenvalue weighted by Gasteiger charge is -2.31. The lowest BCUT2D eigenvalue weighted by atomic mass is 10.0. The average Bonchev–Trinajstić information content (AvgIpc) is 2.55. The predicted molar refractivity (Wildman–Crippen MR) is 78.7 cm³/mol. The van der Waals surface area contributed by atoms with Gasteiger partial charge < -0.3 is 14.8 Å². The molecule has 0 spiro atoms. The zero-order valence-electron chi connectivity index (χ0n) is 12.6. The van der Waals surface area contributed by atoms with Crippen LogP contribution in [0, 0.1) is 23.3 Å². The van der Waals surface area contributed by atoms with Gasteiger partial charge in [0.25, 0.3) is 0 Å². The Morgan fingerprint density at radius 2 is 1.79 bits per heavy atom. The van der Waals surface area contributed by atoms with Gasteiger partial charge in [0.2, 0.25) is 0 Å². The molecule has 128 valence electrons. The topological polar surface area (TPSA) is 30.5 Å². The minimum atomic E-state index is -1.17. The fraction of sp³-hybridized carbons (Fsp3) is 0.294. The molecule has 1 saturated heterocycles. The summed E-state index contributed by atoms with van der Waals surface area (Å²) in [7, 11) is 0. The number of halogens is 4. The summed E-state index contributed by atoms with van der Waals surface area (Å²) in [6, 6.07) is 6.56. The highest BCUT2D eigenvalue weighted by atomic mass is 19.1. The molecule has 1 fully saturated rings. The molecule has 1 heterocycles. The quantitative estimate of drug-likeness (QED) is 0.865. The number of benzene rings is 2. The third kappa shape index (κ3) is 3.68. The van der Waals surface area contributed by atoms with Gasteiger partial charge in [-0.15, -0.1) is 0 Å². The van der Waals surface area contributed by atoms with E-state index in [9.17, 15) is 17.6 Å². The van der Waals surface area contributed by atoms with E-state index in [2.05, 4.69) is 5.32 Å². The van der Waals surface area contributed by atoms with Crippen LogP contribution in [0.2, 0.25) is 0 Å². The molecular formula is C17H15F4NO2. The Morgan fingerprint density at radius 1 is 1.04 bits per heavy atom. The molecule has 3 nitrogen and oxygen atoms in total. The normalized spacial score (nSPS) is 19.1. The Morgan fingerprint density at radius 3 is 2.42 bits per heavy atom. The van der Waals surface area contributed by atoms with Crippen molar-refractivity contribution in [2.75, 3.05) is 19.7 Å². The lowest BCUT2D eigenvalue weighted by Crippen LogP contribution is -2.43. The van der Waals surface area contributed by atoms with E-state index < -0.39 is 41.2 Å². The molecule has 2 aromatic carbocycles. The molecule has 7 heteroatoms. The molecule has 1 aliphatic heterocycles. The molecule has 1 unspecified atom stereocenters. The second-order valence-corrected chi connectivity index (χ2v) is 5.41. The first-order valence-corrected chi connectivity index (χ1v) is 7.43. The fourth-order valence-electron chi connectivity index (χ4n) is 2.59. The molecule has 24 heavy (non-hydrogen) atoms. The number of hydrogen-bond donors (Lipinski definition) is 1. The molecule has 0 amide bonds. The van der Waals surface area contributed by atoms with Crippen molar-refractivity contribution >= 4 is 0 Å². The predicted octanol–water partition coefficient (Wildman–Crippen LogP) is 3.35. The van der Waals surface area contributed by atoms with Crippen molar-refractivity contribution in [1.82, 2.24) is 5.32 Å². The molecule has 1 aliphatic rings. The van der Waals surface area contributed by atoms with Crippen LogP contribution in [-0.2, 0) is 4.74 Å². The molecule has 1 N–H and O–H groups in total. The van der Waals surface area contributed by atoms with Crippen LogP contribution in [0.15, 0.2) is 36.4 Å². The van der Waals surface area contributed by atoms with Gasteiger partial charge in [0.05, 0.1) is 6.61 Å². The van der Waals surface area contributed by atoms with Crippen LogP contribution < -0.4 is 10.1 Å². The molecule has 2 aromatic rings. The lowest BCUT2D eigenvalue weighted by molar-refractivity contribution is -0.0454. The molecule has 0 aliphatic carbocycles. The van der Waals surface area contributed by atoms with Crippen LogP contribution in [0.5, 0.6) is 5.75 Å². The van der Waals surface area contributed by atoms with Gasteiger partial charge in [-0.3, -0.25) is 0 Å². The largest absolute Gasteiger partial charge is 0.477 e. The van der Waals surface area contributed by atoms with E-state index in [1.165, 1.54) is 18.2 Å². The van der Waals surface area contributed by atoms with Gasteiger partial charge in [-0.25, -0.2) is 17.6 Å². The van der Waals surface area contributed by atoms with E-state index in [4.69, 9.17) is 9.47 Å². The van der Waals surface area contributed by atoms with Crippen LogP contribution in [0.3, 0.4) is 0 Å². The smallest absolute Gasteiger partial charge is 0.191 e. The molecule has 2 atom stereocenters. The highest BCUT2D eigenvalue weighted by molar-refractivity contribution is 5.29. The summed E-state index contributed by atoms with van der Waals surface area (Å²) >= 11 is 0. The second-order valence-electron chi connectivity index (χ2n) is 5.41. The summed E-state index contributed by atoms with van der Waals surface area (Å²) in [5.74, 6) is -4.62. The molecule has 0 saturated carbocycles. The SMILES string of the molecule is Fc1cccc([C@H](Oc2c(F)cc(F)cc2F)C2CNCCO2)c1. The zero-order chi connectivity index (χ0) is 17.1. The maximum absolute atomic E-state index is 13.9. The molecule has 0 radical (unpaired) electrons. The van der Waals surface area contributed by atoms with Crippen molar-refractivity contribution in [2.24, 2.45) is 0 Å². The van der Waals surface area contributed by atoms with Crippen molar-refractivity contribution in [3.05, 3.63) is 65.2 Å². The van der Waals surface area contributed by atoms with Crippen LogP contribution in [0.1, 0.15) is 11.7 Å². The Hall–Kier alpha value is -2.12. The third-order valence-electron chi connectivity index (χ3n) is 3.68. The van der Waals surface area contributed by atoms with E-state index in [-0.39, 0.29) is 0 Å². The van der Waals surface area contributed by atoms with Gasteiger partial charge in [0.1, 0.15) is 17.7 Å². The summed E-state index contributed by atoms with van der Waals surface area (Å²) < 4.78 is 65.4. The second kappa shape index (κ2) is 7.19. The Kier molecular flexibility index (Phi) is 5.01. The van der Waals surface area contributed by atoms with E-state index >= 15 is 0 Å². The summed E-state index contributed by atoms with van der Waals surface area (Å²) in [4.78, 5) is 0. The van der Waals surface area contributed by atoms with Crippen molar-refractivity contribution < 1.29 is 27.0 Å². The van der Waals surface area contributed by atoms with E-state index in [1.54, 1.807) is 6.07 Å². The van der Waals surface area contributed by atoms with Crippen molar-refractivity contribution in [1.29, 1.82) is 0 Å². The van der Waals surface area contributed by atoms with Crippen molar-refractivity contribution in [3.8, 4) is 5.75 Å². The molecule has 3 rings (SSSR count). The number of nitrogens with one attached hydrogen (secondary N) is 1. The number of rotatable bonds is 4. The minimum Gasteiger partial charge on any atom is -0.477 e. The Labute approximate surface area is 136 Å². The summed E-state index contributed by atoms with van der Waals surface area (Å²) in [6.07, 6.45) is -1.53. The summed E-state index contributed by atoms with van der Waals surface area (Å²) in [6.45, 7) is 1.38. The first-order chi connectivity index (χ1) is 11.5. The third-order valence-corrected chi connectivity index (χ3v) is 3.68. The zero-order valence-corrected chi connectivity index (χ0v) is 12.6. The maximum Gasteiger partial charge on any atom is 0.191 e. The van der Waals surface area contributed by atoms with Crippen molar-refractivity contribution in [3.63, 3.8) is 0 Å². The van der Waals surface area contributed by atoms with Gasteiger partial charge in [-0.1, -0.05) is 12.1 Å². The van der Waals surface area contributed by atoms with Gasteiger partial charge in [0, 0.05) is 25.2 Å². The first-order valence-electron chi connectivity index (χ1n) is 7.43. The Balaban J connectivity index is 1.96. The first kappa shape index (κ1) is 16.7. The van der Waals surface area contributed by atoms with Crippen LogP contribution >= 0.6 is 0 Å². The highest BCUT2D eigenvalue weighted by Crippen LogP contribution is 2.31. The average molecular weight is 341 g/mol. The standard InChI is InChI=1S/C17H15F4NO2/c18-11-3-1-2-10(6-11)16(15-9-22-4-5-23-15)24-17-13(20)7-12(19)8-14(17)21/h1-3,6-8,15-16,22H,4-5,9H2/t15?,16-/m0/s1. The van der Waals surface area contributed by atoms with Gasteiger partial charge in [0.15, 0.2) is 23.5 Å². The monoisotopic (exact) mass is 341 g/mol. The van der Waals surface area contributed by atoms with Crippen LogP contribution in [0.4, 0.5) is 17.6 Å². The van der Waals surface area contributed by atoms with Gasteiger partial charge in [-0.05, 0) is 17.7 Å². The summed E-state index contributed by atoms with van der Waals surface area (Å²) in [5.41, 5.74) is 0.367. The summed E-state index contributed by atoms with van der Waals surface area (Å²) in [5, 5.41) is 3.08. The van der Waals surface area contributed by atoms with Gasteiger partial charge >= 0.3 is 0 Å². The van der Waals surface area contributed by atoms with E-state index in [1.807, 2.05) is 0 Å². The van der Waals surface area contributed by atoms with Gasteiger partial charge in [-0.2, -0.15) is 0 Å². The minimum absolute atomic E-state index is 0.367. The number of morpholine rings is 1. The van der Waals surface area contributed by atoms with Crippen molar-refractivity contribution in [2.45, 2.75) is 12.2 Å². The maximum atomic E-state index is 13.9. The highest BCUT2D eigenvalue weighted by Gasteiger charge is 2.30. The molecule has 0 bridgehead atoms. The fourth-order valence-corrected chi connectivity index (χ4v) is 2.59. The Bertz CT molecular complexity index is 696. The van der Waals surface area contributed by atoms with E-state index in [0.29, 0.717) is 37.4 Å². The number of ether oxygens (including phenoxy) is 2. The van der Waals surface area contributed by atoms with E-state index in [0.717, 1.165) is 0 Å². The molecule has 0 aromatic heterocycles. The number of hydrogen-bond acceptors (Lipinski definition) is 3. The molecular weight excluding hydrogens is 326 g/mol. The van der Waals surface area contributed by atoms with Crippen LogP contribution in [-0.4, -0.2) is 25.8 Å².